The molecule has 0 aliphatic carbocycles. The van der Waals surface area contributed by atoms with Gasteiger partial charge in [-0.25, -0.2) is 0 Å². The van der Waals surface area contributed by atoms with Crippen molar-refractivity contribution >= 4 is 11.6 Å². The van der Waals surface area contributed by atoms with Crippen molar-refractivity contribution in [2.45, 2.75) is 0 Å². The molecule has 2 aromatic carbocycles. The molecule has 0 radical (unpaired) electrons. The third-order valence-electron chi connectivity index (χ3n) is 3.99. The van der Waals surface area contributed by atoms with E-state index in [1.807, 2.05) is 50.5 Å². The minimum Gasteiger partial charge on any atom is -0.479 e. The van der Waals surface area contributed by atoms with Crippen LogP contribution in [0.3, 0.4) is 0 Å². The molecule has 0 saturated heterocycles. The summed E-state index contributed by atoms with van der Waals surface area (Å²) in [4.78, 5) is 0. The molecule has 0 fully saturated rings. The highest BCUT2D eigenvalue weighted by atomic mass is 35.5. The Hall–Kier alpha value is -2.52. The van der Waals surface area contributed by atoms with Gasteiger partial charge in [0.15, 0.2) is 12.7 Å². The maximum Gasteiger partial charge on any atom is 0.280 e. The molecule has 0 aliphatic rings. The number of ether oxygens (including phenoxy) is 1. The minimum atomic E-state index is 0.269. The molecule has 0 saturated carbocycles. The van der Waals surface area contributed by atoms with Gasteiger partial charge in [-0.15, -0.1) is 4.68 Å². The first-order valence-electron chi connectivity index (χ1n) is 7.75. The second-order valence-corrected chi connectivity index (χ2v) is 6.15. The van der Waals surface area contributed by atoms with Crippen molar-refractivity contribution in [3.63, 3.8) is 0 Å². The lowest BCUT2D eigenvalue weighted by molar-refractivity contribution is -0.740. The van der Waals surface area contributed by atoms with Crippen LogP contribution in [0.4, 0.5) is 0 Å². The summed E-state index contributed by atoms with van der Waals surface area (Å²) in [5, 5.41) is 0.472. The number of halogens is 1. The highest BCUT2D eigenvalue weighted by Crippen LogP contribution is 2.37. The molecule has 122 valence electrons. The van der Waals surface area contributed by atoms with Crippen LogP contribution in [-0.4, -0.2) is 11.3 Å². The first-order valence-corrected chi connectivity index (χ1v) is 8.13. The fourth-order valence-electron chi connectivity index (χ4n) is 2.82. The molecule has 0 aliphatic heterocycles. The second-order valence-electron chi connectivity index (χ2n) is 5.61. The summed E-state index contributed by atoms with van der Waals surface area (Å²) in [6.07, 6.45) is 0. The van der Waals surface area contributed by atoms with E-state index in [4.69, 9.17) is 16.3 Å². The van der Waals surface area contributed by atoms with Crippen molar-refractivity contribution in [1.82, 2.24) is 4.68 Å². The van der Waals surface area contributed by atoms with Crippen molar-refractivity contribution < 1.29 is 9.42 Å². The van der Waals surface area contributed by atoms with Gasteiger partial charge < -0.3 is 4.74 Å². The van der Waals surface area contributed by atoms with Crippen molar-refractivity contribution in [2.24, 2.45) is 14.1 Å². The fraction of sp³-hybridized carbons (Fsp3) is 0.150. The smallest absolute Gasteiger partial charge is 0.280 e. The highest BCUT2D eigenvalue weighted by molar-refractivity contribution is 6.29. The molecule has 3 aromatic rings. The van der Waals surface area contributed by atoms with Gasteiger partial charge in [0.25, 0.3) is 5.69 Å². The summed E-state index contributed by atoms with van der Waals surface area (Å²) in [5.41, 5.74) is 4.20. The van der Waals surface area contributed by atoms with Crippen LogP contribution in [0.25, 0.3) is 22.5 Å². The molecule has 4 heteroatoms. The molecule has 3 rings (SSSR count). The van der Waals surface area contributed by atoms with E-state index >= 15 is 0 Å². The predicted octanol–water partition coefficient (Wildman–Crippen LogP) is 4.31. The summed E-state index contributed by atoms with van der Waals surface area (Å²) in [7, 11) is 4.05. The van der Waals surface area contributed by atoms with Gasteiger partial charge in [0.1, 0.15) is 6.61 Å². The number of nitrogens with zero attached hydrogens (tertiary/aromatic N) is 2. The number of hydrogen-bond acceptors (Lipinski definition) is 1. The standard InChI is InChI=1S/C20H20ClN2O/c1-15(21)14-24-20-18(16-10-6-4-7-11-16)22(2)23(3)19(20)17-12-8-5-9-13-17/h4-13H,1,14H2,2-3H3/q+1. The van der Waals surface area contributed by atoms with Crippen LogP contribution >= 0.6 is 11.6 Å². The molecule has 0 N–H and O–H groups in total. The van der Waals surface area contributed by atoms with Crippen LogP contribution in [0.1, 0.15) is 0 Å². The Morgan fingerprint density at radius 2 is 1.58 bits per heavy atom. The third-order valence-corrected chi connectivity index (χ3v) is 4.10. The average Bonchev–Trinajstić information content (AvgIpc) is 2.85. The molecule has 0 bridgehead atoms. The first kappa shape index (κ1) is 16.3. The van der Waals surface area contributed by atoms with Gasteiger partial charge in [0.05, 0.1) is 12.6 Å². The van der Waals surface area contributed by atoms with E-state index in [-0.39, 0.29) is 6.61 Å². The Labute approximate surface area is 147 Å². The minimum absolute atomic E-state index is 0.269. The molecule has 0 unspecified atom stereocenters. The topological polar surface area (TPSA) is 18.0 Å². The zero-order valence-corrected chi connectivity index (χ0v) is 14.6. The Kier molecular flexibility index (Phi) is 4.72. The molecular weight excluding hydrogens is 320 g/mol. The van der Waals surface area contributed by atoms with Gasteiger partial charge >= 0.3 is 0 Å². The summed E-state index contributed by atoms with van der Waals surface area (Å²) >= 11 is 5.94. The van der Waals surface area contributed by atoms with E-state index in [0.717, 1.165) is 28.3 Å². The van der Waals surface area contributed by atoms with Gasteiger partial charge in [-0.1, -0.05) is 66.7 Å². The van der Waals surface area contributed by atoms with E-state index in [2.05, 4.69) is 40.2 Å². The lowest BCUT2D eigenvalue weighted by atomic mass is 10.1. The summed E-state index contributed by atoms with van der Waals surface area (Å²) < 4.78 is 10.2. The molecule has 1 heterocycles. The van der Waals surface area contributed by atoms with Gasteiger partial charge in [-0.3, -0.25) is 0 Å². The van der Waals surface area contributed by atoms with Crippen LogP contribution in [0.15, 0.2) is 72.3 Å². The fourth-order valence-corrected chi connectivity index (χ4v) is 2.88. The summed E-state index contributed by atoms with van der Waals surface area (Å²) in [6, 6.07) is 20.4. The van der Waals surface area contributed by atoms with Gasteiger partial charge in [-0.2, -0.15) is 4.68 Å². The molecule has 0 amide bonds. The van der Waals surface area contributed by atoms with Crippen molar-refractivity contribution in [2.75, 3.05) is 6.61 Å². The molecule has 1 aromatic heterocycles. The lowest BCUT2D eigenvalue weighted by Gasteiger charge is -2.06. The van der Waals surface area contributed by atoms with Gasteiger partial charge in [0, 0.05) is 10.6 Å². The molecule has 0 atom stereocenters. The van der Waals surface area contributed by atoms with Gasteiger partial charge in [-0.05, 0) is 12.1 Å². The molecule has 3 nitrogen and oxygen atoms in total. The summed E-state index contributed by atoms with van der Waals surface area (Å²) in [6.45, 7) is 4.00. The van der Waals surface area contributed by atoms with E-state index < -0.39 is 0 Å². The third kappa shape index (κ3) is 3.08. The van der Waals surface area contributed by atoms with E-state index in [0.29, 0.717) is 5.03 Å². The van der Waals surface area contributed by atoms with E-state index in [1.165, 1.54) is 0 Å². The quantitative estimate of drug-likeness (QED) is 0.633. The van der Waals surface area contributed by atoms with Crippen molar-refractivity contribution in [1.29, 1.82) is 0 Å². The monoisotopic (exact) mass is 339 g/mol. The van der Waals surface area contributed by atoms with E-state index in [9.17, 15) is 0 Å². The van der Waals surface area contributed by atoms with Crippen LogP contribution in [0, 0.1) is 0 Å². The SMILES string of the molecule is C=C(Cl)COc1c(-c2ccccc2)n(C)[n+](C)c1-c1ccccc1. The normalized spacial score (nSPS) is 10.6. The molecule has 0 spiro atoms. The van der Waals surface area contributed by atoms with Crippen molar-refractivity contribution in [3.8, 4) is 28.3 Å². The Bertz CT molecular complexity index is 791. The molecular formula is C20H20ClN2O+. The Balaban J connectivity index is 2.23. The maximum atomic E-state index is 6.07. The summed E-state index contributed by atoms with van der Waals surface area (Å²) in [5.74, 6) is 0.805. The highest BCUT2D eigenvalue weighted by Gasteiger charge is 2.30. The van der Waals surface area contributed by atoms with Gasteiger partial charge in [0.2, 0.25) is 5.75 Å². The Morgan fingerprint density at radius 3 is 2.12 bits per heavy atom. The Morgan fingerprint density at radius 1 is 1.04 bits per heavy atom. The number of hydrogen-bond donors (Lipinski definition) is 0. The maximum absolute atomic E-state index is 6.07. The second kappa shape index (κ2) is 6.93. The van der Waals surface area contributed by atoms with Crippen LogP contribution in [0.5, 0.6) is 5.75 Å². The number of benzene rings is 2. The largest absolute Gasteiger partial charge is 0.479 e. The van der Waals surface area contributed by atoms with Crippen molar-refractivity contribution in [3.05, 3.63) is 72.3 Å². The van der Waals surface area contributed by atoms with E-state index in [1.54, 1.807) is 0 Å². The predicted molar refractivity (Wildman–Crippen MR) is 97.9 cm³/mol. The average molecular weight is 340 g/mol. The number of rotatable bonds is 5. The van der Waals surface area contributed by atoms with Crippen LogP contribution < -0.4 is 9.42 Å². The number of aromatic nitrogens is 2. The lowest BCUT2D eigenvalue weighted by Crippen LogP contribution is -2.39. The first-order chi connectivity index (χ1) is 11.6. The molecule has 24 heavy (non-hydrogen) atoms. The van der Waals surface area contributed by atoms with Crippen LogP contribution in [0.2, 0.25) is 0 Å². The van der Waals surface area contributed by atoms with Crippen LogP contribution in [-0.2, 0) is 14.1 Å². The zero-order valence-electron chi connectivity index (χ0n) is 13.9. The zero-order chi connectivity index (χ0) is 17.1.